The Bertz CT molecular complexity index is 317. The molecule has 102 valence electrons. The molecule has 17 heavy (non-hydrogen) atoms. The van der Waals surface area contributed by atoms with Gasteiger partial charge in [-0.3, -0.25) is 0 Å². The van der Waals surface area contributed by atoms with Gasteiger partial charge in [0.1, 0.15) is 0 Å². The minimum atomic E-state index is -3.05. The van der Waals surface area contributed by atoms with E-state index in [0.717, 1.165) is 0 Å². The summed E-state index contributed by atoms with van der Waals surface area (Å²) in [6, 6.07) is 0.174. The summed E-state index contributed by atoms with van der Waals surface area (Å²) in [5.74, 6) is 0.166. The van der Waals surface area contributed by atoms with Crippen molar-refractivity contribution in [3.63, 3.8) is 0 Å². The van der Waals surface area contributed by atoms with Gasteiger partial charge in [0, 0.05) is 26.3 Å². The zero-order valence-corrected chi connectivity index (χ0v) is 11.6. The van der Waals surface area contributed by atoms with E-state index in [1.54, 1.807) is 7.11 Å². The summed E-state index contributed by atoms with van der Waals surface area (Å²) >= 11 is 0. The van der Waals surface area contributed by atoms with Crippen LogP contribution in [0.15, 0.2) is 0 Å². The lowest BCUT2D eigenvalue weighted by atomic mass is 10.3. The highest BCUT2D eigenvalue weighted by atomic mass is 32.2. The van der Waals surface area contributed by atoms with E-state index in [1.165, 1.54) is 0 Å². The molecular formula is C11H23NO4S. The van der Waals surface area contributed by atoms with Crippen LogP contribution in [0.2, 0.25) is 0 Å². The van der Waals surface area contributed by atoms with Crippen LogP contribution in [-0.2, 0) is 19.3 Å². The molecule has 0 bridgehead atoms. The molecule has 1 aliphatic heterocycles. The molecule has 0 aromatic carbocycles. The number of rotatable bonds is 7. The summed E-state index contributed by atoms with van der Waals surface area (Å²) in [5, 5.41) is 2.80. The monoisotopic (exact) mass is 265 g/mol. The third-order valence-electron chi connectivity index (χ3n) is 3.06. The number of ether oxygens (including phenoxy) is 2. The average Bonchev–Trinajstić information content (AvgIpc) is 2.65. The molecule has 1 aliphatic rings. The number of nitrogens with one attached hydrogen (secondary N) is 1. The SMILES string of the molecule is COCC(C)NCCS(=O)(=O)C1CCOC1C. The summed E-state index contributed by atoms with van der Waals surface area (Å²) in [6.45, 7) is 5.41. The van der Waals surface area contributed by atoms with Gasteiger partial charge in [-0.05, 0) is 20.3 Å². The molecule has 3 unspecified atom stereocenters. The lowest BCUT2D eigenvalue weighted by Gasteiger charge is -2.17. The zero-order valence-electron chi connectivity index (χ0n) is 10.8. The van der Waals surface area contributed by atoms with E-state index in [1.807, 2.05) is 13.8 Å². The number of hydrogen-bond acceptors (Lipinski definition) is 5. The van der Waals surface area contributed by atoms with Crippen LogP contribution >= 0.6 is 0 Å². The van der Waals surface area contributed by atoms with Crippen molar-refractivity contribution in [3.8, 4) is 0 Å². The first-order chi connectivity index (χ1) is 7.97. The van der Waals surface area contributed by atoms with Gasteiger partial charge in [0.15, 0.2) is 9.84 Å². The smallest absolute Gasteiger partial charge is 0.157 e. The highest BCUT2D eigenvalue weighted by Crippen LogP contribution is 2.21. The largest absolute Gasteiger partial charge is 0.383 e. The van der Waals surface area contributed by atoms with Gasteiger partial charge in [-0.2, -0.15) is 0 Å². The summed E-state index contributed by atoms with van der Waals surface area (Å²) in [5.41, 5.74) is 0. The Morgan fingerprint density at radius 2 is 2.24 bits per heavy atom. The molecule has 0 spiro atoms. The Morgan fingerprint density at radius 1 is 1.53 bits per heavy atom. The maximum atomic E-state index is 12.0. The van der Waals surface area contributed by atoms with E-state index >= 15 is 0 Å². The highest BCUT2D eigenvalue weighted by molar-refractivity contribution is 7.92. The fourth-order valence-electron chi connectivity index (χ4n) is 2.09. The van der Waals surface area contributed by atoms with Crippen molar-refractivity contribution < 1.29 is 17.9 Å². The molecule has 0 radical (unpaired) electrons. The topological polar surface area (TPSA) is 64.6 Å². The van der Waals surface area contributed by atoms with Gasteiger partial charge >= 0.3 is 0 Å². The second-order valence-corrected chi connectivity index (χ2v) is 6.92. The Balaban J connectivity index is 2.34. The molecule has 0 aromatic rings. The van der Waals surface area contributed by atoms with Crippen molar-refractivity contribution in [2.75, 3.05) is 32.6 Å². The molecule has 0 saturated carbocycles. The summed E-state index contributed by atoms with van der Waals surface area (Å²) in [7, 11) is -1.42. The van der Waals surface area contributed by atoms with Crippen molar-refractivity contribution in [3.05, 3.63) is 0 Å². The first kappa shape index (κ1) is 14.9. The normalized spacial score (nSPS) is 27.2. The van der Waals surface area contributed by atoms with Gasteiger partial charge in [-0.1, -0.05) is 0 Å². The molecule has 5 nitrogen and oxygen atoms in total. The standard InChI is InChI=1S/C11H23NO4S/c1-9(8-15-3)12-5-7-17(13,14)11-4-6-16-10(11)2/h9-12H,4-8H2,1-3H3. The average molecular weight is 265 g/mol. The lowest BCUT2D eigenvalue weighted by molar-refractivity contribution is 0.126. The van der Waals surface area contributed by atoms with Crippen LogP contribution in [0.25, 0.3) is 0 Å². The minimum Gasteiger partial charge on any atom is -0.383 e. The van der Waals surface area contributed by atoms with Crippen molar-refractivity contribution in [2.24, 2.45) is 0 Å². The van der Waals surface area contributed by atoms with Gasteiger partial charge in [-0.25, -0.2) is 8.42 Å². The van der Waals surface area contributed by atoms with Crippen LogP contribution in [-0.4, -0.2) is 58.4 Å². The molecule has 0 aromatic heterocycles. The van der Waals surface area contributed by atoms with Crippen LogP contribution in [0.1, 0.15) is 20.3 Å². The molecule has 1 rings (SSSR count). The minimum absolute atomic E-state index is 0.166. The zero-order chi connectivity index (χ0) is 12.9. The Morgan fingerprint density at radius 3 is 2.76 bits per heavy atom. The third-order valence-corrected chi connectivity index (χ3v) is 5.38. The first-order valence-electron chi connectivity index (χ1n) is 6.03. The van der Waals surface area contributed by atoms with E-state index in [9.17, 15) is 8.42 Å². The van der Waals surface area contributed by atoms with E-state index in [4.69, 9.17) is 9.47 Å². The van der Waals surface area contributed by atoms with Crippen LogP contribution in [0, 0.1) is 0 Å². The number of hydrogen-bond donors (Lipinski definition) is 1. The maximum absolute atomic E-state index is 12.0. The molecule has 0 aliphatic carbocycles. The first-order valence-corrected chi connectivity index (χ1v) is 7.74. The van der Waals surface area contributed by atoms with Crippen LogP contribution in [0.4, 0.5) is 0 Å². The summed E-state index contributed by atoms with van der Waals surface area (Å²) in [6.07, 6.45) is 0.452. The second-order valence-electron chi connectivity index (χ2n) is 4.58. The van der Waals surface area contributed by atoms with Crippen molar-refractivity contribution in [2.45, 2.75) is 37.7 Å². The van der Waals surface area contributed by atoms with E-state index < -0.39 is 9.84 Å². The van der Waals surface area contributed by atoms with Crippen molar-refractivity contribution in [1.82, 2.24) is 5.32 Å². The summed E-state index contributed by atoms with van der Waals surface area (Å²) in [4.78, 5) is 0. The van der Waals surface area contributed by atoms with Crippen LogP contribution < -0.4 is 5.32 Å². The van der Waals surface area contributed by atoms with Gasteiger partial charge in [-0.15, -0.1) is 0 Å². The van der Waals surface area contributed by atoms with Crippen molar-refractivity contribution in [1.29, 1.82) is 0 Å². The molecule has 1 heterocycles. The third kappa shape index (κ3) is 4.54. The second kappa shape index (κ2) is 6.68. The van der Waals surface area contributed by atoms with Gasteiger partial charge in [0.05, 0.1) is 23.7 Å². The lowest BCUT2D eigenvalue weighted by Crippen LogP contribution is -2.38. The van der Waals surface area contributed by atoms with E-state index in [-0.39, 0.29) is 23.1 Å². The quantitative estimate of drug-likeness (QED) is 0.712. The molecule has 3 atom stereocenters. The summed E-state index contributed by atoms with van der Waals surface area (Å²) < 4.78 is 34.3. The fraction of sp³-hybridized carbons (Fsp3) is 1.00. The highest BCUT2D eigenvalue weighted by Gasteiger charge is 2.35. The van der Waals surface area contributed by atoms with E-state index in [0.29, 0.717) is 26.2 Å². The Hall–Kier alpha value is -0.170. The van der Waals surface area contributed by atoms with Gasteiger partial charge in [0.25, 0.3) is 0 Å². The predicted octanol–water partition coefficient (Wildman–Crippen LogP) is 0.203. The van der Waals surface area contributed by atoms with Crippen molar-refractivity contribution >= 4 is 9.84 Å². The molecule has 1 saturated heterocycles. The molecular weight excluding hydrogens is 242 g/mol. The molecule has 6 heteroatoms. The molecule has 1 fully saturated rings. The Labute approximate surface area is 104 Å². The fourth-order valence-corrected chi connectivity index (χ4v) is 3.91. The molecule has 0 amide bonds. The van der Waals surface area contributed by atoms with Crippen LogP contribution in [0.5, 0.6) is 0 Å². The number of methoxy groups -OCH3 is 1. The predicted molar refractivity (Wildman–Crippen MR) is 66.9 cm³/mol. The van der Waals surface area contributed by atoms with E-state index in [2.05, 4.69) is 5.32 Å². The Kier molecular flexibility index (Phi) is 5.85. The number of sulfone groups is 1. The van der Waals surface area contributed by atoms with Gasteiger partial charge in [0.2, 0.25) is 0 Å². The van der Waals surface area contributed by atoms with Gasteiger partial charge < -0.3 is 14.8 Å². The van der Waals surface area contributed by atoms with Crippen LogP contribution in [0.3, 0.4) is 0 Å². The molecule has 1 N–H and O–H groups in total. The maximum Gasteiger partial charge on any atom is 0.157 e.